The van der Waals surface area contributed by atoms with Crippen LogP contribution in [-0.2, 0) is 6.42 Å². The van der Waals surface area contributed by atoms with Crippen LogP contribution in [0.3, 0.4) is 0 Å². The molecule has 0 amide bonds. The quantitative estimate of drug-likeness (QED) is 0.910. The Morgan fingerprint density at radius 1 is 1.47 bits per heavy atom. The summed E-state index contributed by atoms with van der Waals surface area (Å²) in [7, 11) is 0. The smallest absolute Gasteiger partial charge is 0.127 e. The molecule has 1 aliphatic rings. The molecule has 94 valence electrons. The van der Waals surface area contributed by atoms with E-state index < -0.39 is 0 Å². The third kappa shape index (κ3) is 3.60. The Hall–Kier alpha value is -0.250. The number of hydrogen-bond donors (Lipinski definition) is 1. The fourth-order valence-corrected chi connectivity index (χ4v) is 3.68. The molecule has 1 aliphatic heterocycles. The lowest BCUT2D eigenvalue weighted by Gasteiger charge is -2.27. The molecule has 4 heteroatoms. The molecule has 1 aromatic rings. The van der Waals surface area contributed by atoms with Crippen molar-refractivity contribution in [2.45, 2.75) is 37.0 Å². The van der Waals surface area contributed by atoms with Crippen molar-refractivity contribution in [3.05, 3.63) is 34.6 Å². The molecular formula is C13H17ClFNS. The van der Waals surface area contributed by atoms with Gasteiger partial charge in [0.2, 0.25) is 0 Å². The second-order valence-corrected chi connectivity index (χ2v) is 6.29. The zero-order chi connectivity index (χ0) is 12.3. The molecule has 1 aromatic carbocycles. The summed E-state index contributed by atoms with van der Waals surface area (Å²) in [5, 5.41) is 0.908. The molecule has 2 atom stereocenters. The van der Waals surface area contributed by atoms with Crippen LogP contribution in [0.2, 0.25) is 5.02 Å². The first-order chi connectivity index (χ1) is 8.16. The molecule has 0 saturated carbocycles. The average molecular weight is 274 g/mol. The number of benzene rings is 1. The molecule has 1 saturated heterocycles. The monoisotopic (exact) mass is 273 g/mol. The van der Waals surface area contributed by atoms with E-state index in [4.69, 9.17) is 17.3 Å². The highest BCUT2D eigenvalue weighted by Crippen LogP contribution is 2.28. The van der Waals surface area contributed by atoms with E-state index in [2.05, 4.69) is 0 Å². The minimum atomic E-state index is -0.242. The maximum absolute atomic E-state index is 13.6. The number of hydrogen-bond acceptors (Lipinski definition) is 2. The molecule has 0 aromatic heterocycles. The Balaban J connectivity index is 1.99. The zero-order valence-corrected chi connectivity index (χ0v) is 11.2. The summed E-state index contributed by atoms with van der Waals surface area (Å²) in [6, 6.07) is 4.86. The highest BCUT2D eigenvalue weighted by Gasteiger charge is 2.22. The largest absolute Gasteiger partial charge is 0.326 e. The van der Waals surface area contributed by atoms with Gasteiger partial charge >= 0.3 is 0 Å². The Morgan fingerprint density at radius 3 is 2.94 bits per heavy atom. The standard InChI is InChI=1S/C13H17ClFNS/c14-10-5-4-9(11(15)8-10)7-12(16)13-3-1-2-6-17-13/h4-5,8,12-13H,1-3,6-7,16H2. The van der Waals surface area contributed by atoms with Crippen molar-refractivity contribution in [1.82, 2.24) is 0 Å². The van der Waals surface area contributed by atoms with Gasteiger partial charge in [-0.2, -0.15) is 11.8 Å². The summed E-state index contributed by atoms with van der Waals surface area (Å²) < 4.78 is 13.6. The maximum atomic E-state index is 13.6. The Labute approximate surface area is 111 Å². The van der Waals surface area contributed by atoms with Gasteiger partial charge < -0.3 is 5.73 Å². The average Bonchev–Trinajstić information content (AvgIpc) is 2.34. The predicted octanol–water partition coefficient (Wildman–Crippen LogP) is 3.63. The molecule has 2 unspecified atom stereocenters. The van der Waals surface area contributed by atoms with E-state index in [0.29, 0.717) is 22.3 Å². The van der Waals surface area contributed by atoms with E-state index >= 15 is 0 Å². The lowest BCUT2D eigenvalue weighted by atomic mass is 10.00. The van der Waals surface area contributed by atoms with Crippen LogP contribution in [0.25, 0.3) is 0 Å². The summed E-state index contributed by atoms with van der Waals surface area (Å²) in [5.74, 6) is 0.940. The maximum Gasteiger partial charge on any atom is 0.127 e. The number of rotatable bonds is 3. The van der Waals surface area contributed by atoms with Crippen LogP contribution in [0.1, 0.15) is 24.8 Å². The molecule has 0 aliphatic carbocycles. The Kier molecular flexibility index (Phi) is 4.71. The van der Waals surface area contributed by atoms with Crippen molar-refractivity contribution < 1.29 is 4.39 Å². The minimum absolute atomic E-state index is 0.0379. The highest BCUT2D eigenvalue weighted by molar-refractivity contribution is 8.00. The molecule has 17 heavy (non-hydrogen) atoms. The molecule has 0 radical (unpaired) electrons. The van der Waals surface area contributed by atoms with E-state index in [1.54, 1.807) is 12.1 Å². The summed E-state index contributed by atoms with van der Waals surface area (Å²) in [5.41, 5.74) is 6.84. The first-order valence-electron chi connectivity index (χ1n) is 5.98. The van der Waals surface area contributed by atoms with Crippen molar-refractivity contribution >= 4 is 23.4 Å². The predicted molar refractivity (Wildman–Crippen MR) is 73.2 cm³/mol. The van der Waals surface area contributed by atoms with Crippen molar-refractivity contribution in [1.29, 1.82) is 0 Å². The minimum Gasteiger partial charge on any atom is -0.326 e. The third-order valence-electron chi connectivity index (χ3n) is 3.16. The summed E-state index contributed by atoms with van der Waals surface area (Å²) >= 11 is 7.65. The van der Waals surface area contributed by atoms with Crippen LogP contribution in [-0.4, -0.2) is 17.0 Å². The normalized spacial score (nSPS) is 22.4. The first kappa shape index (κ1) is 13.2. The van der Waals surface area contributed by atoms with Gasteiger partial charge in [0.15, 0.2) is 0 Å². The second-order valence-electron chi connectivity index (χ2n) is 4.51. The van der Waals surface area contributed by atoms with Crippen LogP contribution in [0.5, 0.6) is 0 Å². The van der Waals surface area contributed by atoms with Gasteiger partial charge in [0.25, 0.3) is 0 Å². The molecule has 0 spiro atoms. The van der Waals surface area contributed by atoms with E-state index in [1.807, 2.05) is 11.8 Å². The van der Waals surface area contributed by atoms with E-state index in [-0.39, 0.29) is 11.9 Å². The van der Waals surface area contributed by atoms with Crippen LogP contribution in [0.15, 0.2) is 18.2 Å². The number of halogens is 2. The second kappa shape index (κ2) is 6.07. The van der Waals surface area contributed by atoms with E-state index in [1.165, 1.54) is 24.7 Å². The number of nitrogens with two attached hydrogens (primary N) is 1. The van der Waals surface area contributed by atoms with Crippen LogP contribution in [0.4, 0.5) is 4.39 Å². The molecule has 2 rings (SSSR count). The van der Waals surface area contributed by atoms with Crippen LogP contribution < -0.4 is 5.73 Å². The van der Waals surface area contributed by atoms with Crippen molar-refractivity contribution in [3.63, 3.8) is 0 Å². The Bertz CT molecular complexity index is 380. The third-order valence-corrected chi connectivity index (χ3v) is 4.94. The zero-order valence-electron chi connectivity index (χ0n) is 9.66. The molecule has 1 nitrogen and oxygen atoms in total. The SMILES string of the molecule is NC(Cc1ccc(Cl)cc1F)C1CCCCS1. The van der Waals surface area contributed by atoms with Crippen molar-refractivity contribution in [3.8, 4) is 0 Å². The number of thioether (sulfide) groups is 1. The molecular weight excluding hydrogens is 257 g/mol. The first-order valence-corrected chi connectivity index (χ1v) is 7.40. The van der Waals surface area contributed by atoms with Crippen LogP contribution >= 0.6 is 23.4 Å². The van der Waals surface area contributed by atoms with Gasteiger partial charge in [0, 0.05) is 16.3 Å². The van der Waals surface area contributed by atoms with Gasteiger partial charge in [-0.25, -0.2) is 4.39 Å². The molecule has 1 heterocycles. The van der Waals surface area contributed by atoms with Crippen molar-refractivity contribution in [2.24, 2.45) is 5.73 Å². The van der Waals surface area contributed by atoms with Gasteiger partial charge in [-0.1, -0.05) is 24.1 Å². The fourth-order valence-electron chi connectivity index (χ4n) is 2.18. The Morgan fingerprint density at radius 2 is 2.29 bits per heavy atom. The van der Waals surface area contributed by atoms with Gasteiger partial charge in [-0.05, 0) is 42.7 Å². The lowest BCUT2D eigenvalue weighted by molar-refractivity contribution is 0.540. The molecule has 1 fully saturated rings. The lowest BCUT2D eigenvalue weighted by Crippen LogP contribution is -2.36. The van der Waals surface area contributed by atoms with Gasteiger partial charge in [0.05, 0.1) is 0 Å². The highest BCUT2D eigenvalue weighted by atomic mass is 35.5. The molecule has 2 N–H and O–H groups in total. The summed E-state index contributed by atoms with van der Waals surface area (Å²) in [4.78, 5) is 0. The summed E-state index contributed by atoms with van der Waals surface area (Å²) in [6.07, 6.45) is 4.28. The fraction of sp³-hybridized carbons (Fsp3) is 0.538. The van der Waals surface area contributed by atoms with Crippen LogP contribution in [0, 0.1) is 5.82 Å². The topological polar surface area (TPSA) is 26.0 Å². The molecule has 0 bridgehead atoms. The van der Waals surface area contributed by atoms with Gasteiger partial charge in [0.1, 0.15) is 5.82 Å². The van der Waals surface area contributed by atoms with Gasteiger partial charge in [-0.15, -0.1) is 0 Å². The van der Waals surface area contributed by atoms with E-state index in [9.17, 15) is 4.39 Å². The van der Waals surface area contributed by atoms with Crippen molar-refractivity contribution in [2.75, 3.05) is 5.75 Å². The summed E-state index contributed by atoms with van der Waals surface area (Å²) in [6.45, 7) is 0. The van der Waals surface area contributed by atoms with E-state index in [0.717, 1.165) is 6.42 Å². The van der Waals surface area contributed by atoms with Gasteiger partial charge in [-0.3, -0.25) is 0 Å².